The molecule has 0 heterocycles. The monoisotopic (exact) mass is 340 g/mol. The van der Waals surface area contributed by atoms with Gasteiger partial charge in [0.05, 0.1) is 0 Å². The number of hydrogen-bond donors (Lipinski definition) is 4. The third kappa shape index (κ3) is 3.00. The van der Waals surface area contributed by atoms with Gasteiger partial charge in [-0.2, -0.15) is 0 Å². The van der Waals surface area contributed by atoms with Crippen molar-refractivity contribution in [2.45, 2.75) is 0 Å². The minimum atomic E-state index is 0.685. The largest absolute Gasteiger partial charge is 0.398 e. The summed E-state index contributed by atoms with van der Waals surface area (Å²) in [6, 6.07) is 27.8. The lowest BCUT2D eigenvalue weighted by Crippen LogP contribution is -2.00. The highest BCUT2D eigenvalue weighted by atomic mass is 14.9. The molecule has 0 atom stereocenters. The zero-order valence-electron chi connectivity index (χ0n) is 14.2. The van der Waals surface area contributed by atoms with Gasteiger partial charge in [0, 0.05) is 44.9 Å². The van der Waals surface area contributed by atoms with Gasteiger partial charge in [0.2, 0.25) is 0 Å². The third-order valence-electron chi connectivity index (χ3n) is 4.33. The summed E-state index contributed by atoms with van der Waals surface area (Å²) in [6.07, 6.45) is 0. The molecular weight excluding hydrogens is 320 g/mol. The fourth-order valence-electron chi connectivity index (χ4n) is 3.11. The van der Waals surface area contributed by atoms with Crippen molar-refractivity contribution >= 4 is 44.9 Å². The first-order chi connectivity index (χ1) is 12.7. The average Bonchev–Trinajstić information content (AvgIpc) is 2.67. The first kappa shape index (κ1) is 15.8. The number of nitrogens with two attached hydrogens (primary N) is 2. The van der Waals surface area contributed by atoms with E-state index in [9.17, 15) is 0 Å². The van der Waals surface area contributed by atoms with Crippen molar-refractivity contribution in [3.8, 4) is 0 Å². The van der Waals surface area contributed by atoms with Crippen LogP contribution in [0.1, 0.15) is 0 Å². The van der Waals surface area contributed by atoms with Crippen LogP contribution in [-0.2, 0) is 0 Å². The molecule has 4 aromatic rings. The second kappa shape index (κ2) is 6.69. The molecule has 0 aliphatic carbocycles. The lowest BCUT2D eigenvalue weighted by atomic mass is 10.0. The lowest BCUT2D eigenvalue weighted by molar-refractivity contribution is 1.55. The van der Waals surface area contributed by atoms with Crippen molar-refractivity contribution in [2.24, 2.45) is 0 Å². The molecule has 4 nitrogen and oxygen atoms in total. The van der Waals surface area contributed by atoms with Crippen LogP contribution >= 0.6 is 0 Å². The second-order valence-corrected chi connectivity index (χ2v) is 6.14. The SMILES string of the molecule is Nc1ccc(Nc2ccccc2)c2c(N)ccc(Nc3ccccc3)c12. The van der Waals surface area contributed by atoms with E-state index in [0.717, 1.165) is 33.5 Å². The number of fused-ring (bicyclic) bond motifs is 1. The molecule has 4 aromatic carbocycles. The van der Waals surface area contributed by atoms with Gasteiger partial charge in [-0.1, -0.05) is 36.4 Å². The van der Waals surface area contributed by atoms with E-state index in [4.69, 9.17) is 11.5 Å². The van der Waals surface area contributed by atoms with Crippen LogP contribution in [0.25, 0.3) is 10.8 Å². The third-order valence-corrected chi connectivity index (χ3v) is 4.33. The van der Waals surface area contributed by atoms with Crippen LogP contribution in [0.3, 0.4) is 0 Å². The summed E-state index contributed by atoms with van der Waals surface area (Å²) in [5.41, 5.74) is 17.9. The Hall–Kier alpha value is -3.66. The van der Waals surface area contributed by atoms with Gasteiger partial charge < -0.3 is 22.1 Å². The molecule has 0 aliphatic rings. The number of benzene rings is 4. The Morgan fingerprint density at radius 3 is 1.23 bits per heavy atom. The van der Waals surface area contributed by atoms with E-state index in [0.29, 0.717) is 11.4 Å². The molecule has 0 fully saturated rings. The molecule has 4 heteroatoms. The number of anilines is 6. The van der Waals surface area contributed by atoms with Crippen molar-refractivity contribution < 1.29 is 0 Å². The van der Waals surface area contributed by atoms with Crippen LogP contribution < -0.4 is 22.1 Å². The first-order valence-electron chi connectivity index (χ1n) is 8.47. The zero-order valence-corrected chi connectivity index (χ0v) is 14.2. The molecule has 4 rings (SSSR count). The zero-order chi connectivity index (χ0) is 17.9. The second-order valence-electron chi connectivity index (χ2n) is 6.14. The van der Waals surface area contributed by atoms with Crippen molar-refractivity contribution in [3.05, 3.63) is 84.9 Å². The standard InChI is InChI=1S/C22H20N4/c23-17-12-14-20(26-16-9-5-2-6-10-16)22-18(24)11-13-19(21(17)22)25-15-7-3-1-4-8-15/h1-14,25-26H,23-24H2. The maximum absolute atomic E-state index is 6.32. The summed E-state index contributed by atoms with van der Waals surface area (Å²) >= 11 is 0. The van der Waals surface area contributed by atoms with Gasteiger partial charge in [-0.3, -0.25) is 0 Å². The molecule has 0 aromatic heterocycles. The van der Waals surface area contributed by atoms with Gasteiger partial charge in [-0.05, 0) is 48.5 Å². The van der Waals surface area contributed by atoms with Crippen LogP contribution in [0.4, 0.5) is 34.1 Å². The highest BCUT2D eigenvalue weighted by Crippen LogP contribution is 2.40. The smallest absolute Gasteiger partial charge is 0.0487 e. The van der Waals surface area contributed by atoms with Gasteiger partial charge in [-0.25, -0.2) is 0 Å². The van der Waals surface area contributed by atoms with E-state index in [1.807, 2.05) is 84.9 Å². The summed E-state index contributed by atoms with van der Waals surface area (Å²) in [5.74, 6) is 0. The average molecular weight is 340 g/mol. The first-order valence-corrected chi connectivity index (χ1v) is 8.47. The summed E-state index contributed by atoms with van der Waals surface area (Å²) < 4.78 is 0. The summed E-state index contributed by atoms with van der Waals surface area (Å²) in [4.78, 5) is 0. The van der Waals surface area contributed by atoms with E-state index in [-0.39, 0.29) is 0 Å². The number of nitrogen functional groups attached to an aromatic ring is 2. The van der Waals surface area contributed by atoms with Gasteiger partial charge in [0.15, 0.2) is 0 Å². The molecule has 0 radical (unpaired) electrons. The van der Waals surface area contributed by atoms with Gasteiger partial charge in [-0.15, -0.1) is 0 Å². The molecular formula is C22H20N4. The molecule has 0 amide bonds. The number of nitrogens with one attached hydrogen (secondary N) is 2. The van der Waals surface area contributed by atoms with Crippen LogP contribution in [0.2, 0.25) is 0 Å². The Bertz CT molecular complexity index is 957. The molecule has 0 spiro atoms. The van der Waals surface area contributed by atoms with Gasteiger partial charge in [0.1, 0.15) is 0 Å². The topological polar surface area (TPSA) is 76.1 Å². The number of hydrogen-bond acceptors (Lipinski definition) is 4. The minimum Gasteiger partial charge on any atom is -0.398 e. The predicted molar refractivity (Wildman–Crippen MR) is 112 cm³/mol. The van der Waals surface area contributed by atoms with Crippen molar-refractivity contribution in [2.75, 3.05) is 22.1 Å². The minimum absolute atomic E-state index is 0.685. The Morgan fingerprint density at radius 2 is 0.846 bits per heavy atom. The highest BCUT2D eigenvalue weighted by molar-refractivity contribution is 6.14. The summed E-state index contributed by atoms with van der Waals surface area (Å²) in [5, 5.41) is 8.71. The predicted octanol–water partition coefficient (Wildman–Crippen LogP) is 5.49. The summed E-state index contributed by atoms with van der Waals surface area (Å²) in [6.45, 7) is 0. The van der Waals surface area contributed by atoms with E-state index in [1.54, 1.807) is 0 Å². The molecule has 0 aliphatic heterocycles. The molecule has 6 N–H and O–H groups in total. The Labute approximate surface area is 152 Å². The molecule has 0 bridgehead atoms. The molecule has 26 heavy (non-hydrogen) atoms. The molecule has 128 valence electrons. The quantitative estimate of drug-likeness (QED) is 0.370. The summed E-state index contributed by atoms with van der Waals surface area (Å²) in [7, 11) is 0. The van der Waals surface area contributed by atoms with Crippen LogP contribution in [0.15, 0.2) is 84.9 Å². The maximum atomic E-state index is 6.32. The molecule has 0 saturated heterocycles. The molecule has 0 saturated carbocycles. The van der Waals surface area contributed by atoms with Crippen LogP contribution in [0, 0.1) is 0 Å². The van der Waals surface area contributed by atoms with E-state index >= 15 is 0 Å². The lowest BCUT2D eigenvalue weighted by Gasteiger charge is -2.17. The maximum Gasteiger partial charge on any atom is 0.0487 e. The van der Waals surface area contributed by atoms with Crippen LogP contribution in [-0.4, -0.2) is 0 Å². The van der Waals surface area contributed by atoms with Gasteiger partial charge in [0.25, 0.3) is 0 Å². The van der Waals surface area contributed by atoms with Crippen molar-refractivity contribution in [1.82, 2.24) is 0 Å². The Kier molecular flexibility index (Phi) is 4.07. The number of para-hydroxylation sites is 2. The Balaban J connectivity index is 1.85. The Morgan fingerprint density at radius 1 is 0.462 bits per heavy atom. The highest BCUT2D eigenvalue weighted by Gasteiger charge is 2.12. The number of rotatable bonds is 4. The van der Waals surface area contributed by atoms with Crippen molar-refractivity contribution in [3.63, 3.8) is 0 Å². The van der Waals surface area contributed by atoms with E-state index < -0.39 is 0 Å². The van der Waals surface area contributed by atoms with Crippen LogP contribution in [0.5, 0.6) is 0 Å². The van der Waals surface area contributed by atoms with Gasteiger partial charge >= 0.3 is 0 Å². The van der Waals surface area contributed by atoms with E-state index in [2.05, 4.69) is 10.6 Å². The van der Waals surface area contributed by atoms with Crippen molar-refractivity contribution in [1.29, 1.82) is 0 Å². The fourth-order valence-corrected chi connectivity index (χ4v) is 3.11. The fraction of sp³-hybridized carbons (Fsp3) is 0. The normalized spacial score (nSPS) is 10.6. The molecule has 0 unspecified atom stereocenters. The van der Waals surface area contributed by atoms with E-state index in [1.165, 1.54) is 0 Å².